The molecule has 2 aromatic rings. The zero-order valence-corrected chi connectivity index (χ0v) is 20.1. The molecular weight excluding hydrogens is 432 g/mol. The molecule has 1 aliphatic carbocycles. The highest BCUT2D eigenvalue weighted by Crippen LogP contribution is 2.44. The van der Waals surface area contributed by atoms with E-state index in [0.29, 0.717) is 12.8 Å². The number of hydrogen-bond donors (Lipinski definition) is 3. The van der Waals surface area contributed by atoms with E-state index in [0.717, 1.165) is 28.7 Å². The molecule has 2 atom stereocenters. The summed E-state index contributed by atoms with van der Waals surface area (Å²) in [6.45, 7) is 5.86. The Kier molecular flexibility index (Phi) is 8.31. The van der Waals surface area contributed by atoms with Gasteiger partial charge in [-0.15, -0.1) is 0 Å². The lowest BCUT2D eigenvalue weighted by Gasteiger charge is -2.29. The van der Waals surface area contributed by atoms with Crippen LogP contribution in [0.25, 0.3) is 11.1 Å². The minimum absolute atomic E-state index is 0.0372. The van der Waals surface area contributed by atoms with Crippen molar-refractivity contribution in [2.75, 3.05) is 13.2 Å². The van der Waals surface area contributed by atoms with E-state index in [9.17, 15) is 14.4 Å². The van der Waals surface area contributed by atoms with Crippen LogP contribution in [-0.4, -0.2) is 42.3 Å². The lowest BCUT2D eigenvalue weighted by Crippen LogP contribution is -2.49. The Morgan fingerprint density at radius 2 is 1.62 bits per heavy atom. The molecule has 2 aromatic carbocycles. The molecule has 7 nitrogen and oxygen atoms in total. The smallest absolute Gasteiger partial charge is 0.407 e. The van der Waals surface area contributed by atoms with E-state index in [1.54, 1.807) is 6.92 Å². The van der Waals surface area contributed by atoms with Crippen LogP contribution in [0, 0.1) is 5.41 Å². The number of alkyl carbamates (subject to hydrolysis) is 1. The van der Waals surface area contributed by atoms with Gasteiger partial charge >= 0.3 is 12.1 Å². The SMILES string of the molecule is CCC[C@H](CC(=O)O)NC(=O)C(C)(CC)CNC(=O)OCC1c2ccccc2-c2ccccc21. The van der Waals surface area contributed by atoms with Gasteiger partial charge < -0.3 is 20.5 Å². The molecule has 2 amide bonds. The van der Waals surface area contributed by atoms with Crippen molar-refractivity contribution in [3.05, 3.63) is 59.7 Å². The highest BCUT2D eigenvalue weighted by Gasteiger charge is 2.34. The number of carboxylic acid groups (broad SMARTS) is 1. The van der Waals surface area contributed by atoms with E-state index in [1.165, 1.54) is 0 Å². The molecule has 7 heteroatoms. The van der Waals surface area contributed by atoms with Gasteiger partial charge in [-0.1, -0.05) is 68.8 Å². The number of benzene rings is 2. The van der Waals surface area contributed by atoms with Crippen LogP contribution in [-0.2, 0) is 14.3 Å². The first-order valence-electron chi connectivity index (χ1n) is 11.9. The number of aliphatic carboxylic acids is 1. The minimum Gasteiger partial charge on any atom is -0.481 e. The Morgan fingerprint density at radius 3 is 2.15 bits per heavy atom. The topological polar surface area (TPSA) is 105 Å². The molecule has 3 rings (SSSR count). The number of carbonyl (C=O) groups excluding carboxylic acids is 2. The number of nitrogens with one attached hydrogen (secondary N) is 2. The number of carbonyl (C=O) groups is 3. The van der Waals surface area contributed by atoms with Crippen molar-refractivity contribution in [3.8, 4) is 11.1 Å². The molecule has 0 heterocycles. The second kappa shape index (κ2) is 11.2. The van der Waals surface area contributed by atoms with E-state index < -0.39 is 23.5 Å². The predicted octanol–water partition coefficient (Wildman–Crippen LogP) is 4.70. The van der Waals surface area contributed by atoms with Gasteiger partial charge in [-0.3, -0.25) is 9.59 Å². The van der Waals surface area contributed by atoms with Crippen molar-refractivity contribution in [1.29, 1.82) is 0 Å². The minimum atomic E-state index is -0.950. The predicted molar refractivity (Wildman–Crippen MR) is 131 cm³/mol. The molecule has 0 spiro atoms. The van der Waals surface area contributed by atoms with Gasteiger partial charge in [-0.2, -0.15) is 0 Å². The summed E-state index contributed by atoms with van der Waals surface area (Å²) >= 11 is 0. The molecule has 182 valence electrons. The Hall–Kier alpha value is -3.35. The lowest BCUT2D eigenvalue weighted by atomic mass is 9.85. The molecule has 0 saturated heterocycles. The van der Waals surface area contributed by atoms with Gasteiger partial charge in [0.05, 0.1) is 11.8 Å². The molecule has 1 aliphatic rings. The molecule has 0 bridgehead atoms. The van der Waals surface area contributed by atoms with Crippen LogP contribution in [0.15, 0.2) is 48.5 Å². The Morgan fingerprint density at radius 1 is 1.03 bits per heavy atom. The van der Waals surface area contributed by atoms with Crippen LogP contribution in [0.1, 0.15) is 63.5 Å². The number of rotatable bonds is 11. The van der Waals surface area contributed by atoms with Crippen molar-refractivity contribution in [2.45, 2.75) is 58.4 Å². The third-order valence-electron chi connectivity index (χ3n) is 6.69. The number of carboxylic acids is 1. The first-order chi connectivity index (χ1) is 16.3. The number of fused-ring (bicyclic) bond motifs is 3. The van der Waals surface area contributed by atoms with Crippen LogP contribution in [0.3, 0.4) is 0 Å². The molecule has 0 radical (unpaired) electrons. The van der Waals surface area contributed by atoms with Gasteiger partial charge in [0.25, 0.3) is 0 Å². The van der Waals surface area contributed by atoms with Gasteiger partial charge in [0, 0.05) is 18.5 Å². The summed E-state index contributed by atoms with van der Waals surface area (Å²) in [7, 11) is 0. The first-order valence-corrected chi connectivity index (χ1v) is 11.9. The highest BCUT2D eigenvalue weighted by molar-refractivity contribution is 5.84. The van der Waals surface area contributed by atoms with Gasteiger partial charge in [-0.05, 0) is 42.0 Å². The summed E-state index contributed by atoms with van der Waals surface area (Å²) in [6, 6.07) is 15.8. The highest BCUT2D eigenvalue weighted by atomic mass is 16.5. The van der Waals surface area contributed by atoms with Crippen LogP contribution in [0.5, 0.6) is 0 Å². The third-order valence-corrected chi connectivity index (χ3v) is 6.69. The maximum absolute atomic E-state index is 12.9. The molecule has 3 N–H and O–H groups in total. The summed E-state index contributed by atoms with van der Waals surface area (Å²) in [5.74, 6) is -1.26. The van der Waals surface area contributed by atoms with Crippen LogP contribution in [0.4, 0.5) is 4.79 Å². The molecular formula is C27H34N2O5. The van der Waals surface area contributed by atoms with Gasteiger partial charge in [-0.25, -0.2) is 4.79 Å². The molecule has 34 heavy (non-hydrogen) atoms. The average Bonchev–Trinajstić information content (AvgIpc) is 3.14. The second-order valence-electron chi connectivity index (χ2n) is 9.15. The molecule has 1 unspecified atom stereocenters. The van der Waals surface area contributed by atoms with Crippen molar-refractivity contribution in [2.24, 2.45) is 5.41 Å². The van der Waals surface area contributed by atoms with Gasteiger partial charge in [0.1, 0.15) is 6.61 Å². The quantitative estimate of drug-likeness (QED) is 0.445. The fourth-order valence-corrected chi connectivity index (χ4v) is 4.43. The number of ether oxygens (including phenoxy) is 1. The summed E-state index contributed by atoms with van der Waals surface area (Å²) in [4.78, 5) is 36.6. The Bertz CT molecular complexity index is 992. The van der Waals surface area contributed by atoms with Crippen molar-refractivity contribution in [3.63, 3.8) is 0 Å². The Labute approximate surface area is 200 Å². The molecule has 0 saturated carbocycles. The van der Waals surface area contributed by atoms with E-state index in [1.807, 2.05) is 38.1 Å². The maximum Gasteiger partial charge on any atom is 0.407 e. The summed E-state index contributed by atoms with van der Waals surface area (Å²) < 4.78 is 5.57. The third kappa shape index (κ3) is 5.76. The molecule has 0 aromatic heterocycles. The summed E-state index contributed by atoms with van der Waals surface area (Å²) in [5, 5.41) is 14.7. The maximum atomic E-state index is 12.9. The van der Waals surface area contributed by atoms with Gasteiger partial charge in [0.15, 0.2) is 0 Å². The molecule has 0 aliphatic heterocycles. The van der Waals surface area contributed by atoms with Crippen molar-refractivity contribution >= 4 is 18.0 Å². The number of hydrogen-bond acceptors (Lipinski definition) is 4. The van der Waals surface area contributed by atoms with E-state index >= 15 is 0 Å². The number of amides is 2. The van der Waals surface area contributed by atoms with Crippen molar-refractivity contribution < 1.29 is 24.2 Å². The largest absolute Gasteiger partial charge is 0.481 e. The van der Waals surface area contributed by atoms with Crippen molar-refractivity contribution in [1.82, 2.24) is 10.6 Å². The Balaban J connectivity index is 1.58. The fraction of sp³-hybridized carbons (Fsp3) is 0.444. The monoisotopic (exact) mass is 466 g/mol. The summed E-state index contributed by atoms with van der Waals surface area (Å²) in [6.07, 6.45) is 1.12. The van der Waals surface area contributed by atoms with Crippen LogP contribution in [0.2, 0.25) is 0 Å². The van der Waals surface area contributed by atoms with Gasteiger partial charge in [0.2, 0.25) is 5.91 Å². The first kappa shape index (κ1) is 25.3. The average molecular weight is 467 g/mol. The standard InChI is InChI=1S/C27H34N2O5/c1-4-10-18(15-24(30)31)29-25(32)27(3,5-2)17-28-26(33)34-16-23-21-13-8-6-11-19(21)20-12-7-9-14-22(20)23/h6-9,11-14,18,23H,4-5,10,15-17H2,1-3H3,(H,28,33)(H,29,32)(H,30,31)/t18-,27?/m1/s1. The lowest BCUT2D eigenvalue weighted by molar-refractivity contribution is -0.138. The van der Waals surface area contributed by atoms with Crippen LogP contribution < -0.4 is 10.6 Å². The van der Waals surface area contributed by atoms with E-state index in [2.05, 4.69) is 34.9 Å². The fourth-order valence-electron chi connectivity index (χ4n) is 4.43. The summed E-state index contributed by atoms with van der Waals surface area (Å²) in [5.41, 5.74) is 3.70. The van der Waals surface area contributed by atoms with E-state index in [-0.39, 0.29) is 31.4 Å². The normalized spacial score (nSPS) is 14.9. The van der Waals surface area contributed by atoms with Crippen LogP contribution >= 0.6 is 0 Å². The second-order valence-corrected chi connectivity index (χ2v) is 9.15. The zero-order valence-electron chi connectivity index (χ0n) is 20.1. The molecule has 0 fully saturated rings. The zero-order chi connectivity index (χ0) is 24.7. The van der Waals surface area contributed by atoms with E-state index in [4.69, 9.17) is 9.84 Å².